The summed E-state index contributed by atoms with van der Waals surface area (Å²) < 4.78 is 12.9. The van der Waals surface area contributed by atoms with Crippen LogP contribution in [0.25, 0.3) is 10.6 Å². The SMILES string of the molecule is O=C(Cc1csc(-c2ccc(F)cc2)n1)NC1(C(=O)O)CC1. The van der Waals surface area contributed by atoms with Crippen LogP contribution in [0.3, 0.4) is 0 Å². The van der Waals surface area contributed by atoms with E-state index >= 15 is 0 Å². The molecule has 0 atom stereocenters. The summed E-state index contributed by atoms with van der Waals surface area (Å²) in [7, 11) is 0. The molecule has 1 aromatic heterocycles. The van der Waals surface area contributed by atoms with E-state index < -0.39 is 11.5 Å². The van der Waals surface area contributed by atoms with Crippen molar-refractivity contribution in [1.29, 1.82) is 0 Å². The zero-order chi connectivity index (χ0) is 15.7. The molecule has 3 rings (SSSR count). The Labute approximate surface area is 129 Å². The van der Waals surface area contributed by atoms with Crippen molar-refractivity contribution in [3.05, 3.63) is 41.2 Å². The second-order valence-electron chi connectivity index (χ2n) is 5.26. The van der Waals surface area contributed by atoms with Crippen LogP contribution >= 0.6 is 11.3 Å². The number of carboxylic acids is 1. The number of halogens is 1. The minimum absolute atomic E-state index is 0.0344. The summed E-state index contributed by atoms with van der Waals surface area (Å²) >= 11 is 1.36. The Morgan fingerprint density at radius 3 is 2.59 bits per heavy atom. The normalized spacial score (nSPS) is 15.3. The van der Waals surface area contributed by atoms with E-state index in [9.17, 15) is 14.0 Å². The van der Waals surface area contributed by atoms with Gasteiger partial charge >= 0.3 is 5.97 Å². The second-order valence-corrected chi connectivity index (χ2v) is 6.12. The number of rotatable bonds is 5. The van der Waals surface area contributed by atoms with Gasteiger partial charge in [0.1, 0.15) is 16.4 Å². The van der Waals surface area contributed by atoms with Gasteiger partial charge in [0.15, 0.2) is 0 Å². The topological polar surface area (TPSA) is 79.3 Å². The molecule has 114 valence electrons. The van der Waals surface area contributed by atoms with Crippen LogP contribution in [0.4, 0.5) is 4.39 Å². The lowest BCUT2D eigenvalue weighted by molar-refractivity contribution is -0.143. The van der Waals surface area contributed by atoms with Crippen LogP contribution in [0.1, 0.15) is 18.5 Å². The maximum Gasteiger partial charge on any atom is 0.329 e. The number of thiazole rings is 1. The first-order valence-corrected chi connectivity index (χ1v) is 7.61. The average Bonchev–Trinajstić information content (AvgIpc) is 3.11. The van der Waals surface area contributed by atoms with Crippen molar-refractivity contribution < 1.29 is 19.1 Å². The lowest BCUT2D eigenvalue weighted by Gasteiger charge is -2.11. The molecule has 1 aliphatic rings. The van der Waals surface area contributed by atoms with E-state index in [-0.39, 0.29) is 18.1 Å². The van der Waals surface area contributed by atoms with Gasteiger partial charge in [0.2, 0.25) is 5.91 Å². The number of nitrogens with one attached hydrogen (secondary N) is 1. The van der Waals surface area contributed by atoms with Gasteiger partial charge < -0.3 is 10.4 Å². The Hall–Kier alpha value is -2.28. The van der Waals surface area contributed by atoms with Crippen LogP contribution in [0.5, 0.6) is 0 Å². The predicted octanol–water partition coefficient (Wildman–Crippen LogP) is 2.23. The highest BCUT2D eigenvalue weighted by atomic mass is 32.1. The summed E-state index contributed by atoms with van der Waals surface area (Å²) in [5, 5.41) is 14.0. The number of amides is 1. The van der Waals surface area contributed by atoms with E-state index in [1.165, 1.54) is 23.5 Å². The van der Waals surface area contributed by atoms with Crippen molar-refractivity contribution >= 4 is 23.2 Å². The van der Waals surface area contributed by atoms with Gasteiger partial charge in [0.25, 0.3) is 0 Å². The number of carbonyl (C=O) groups is 2. The number of carboxylic acid groups (broad SMARTS) is 1. The largest absolute Gasteiger partial charge is 0.480 e. The van der Waals surface area contributed by atoms with Crippen molar-refractivity contribution in [2.45, 2.75) is 24.8 Å². The fourth-order valence-electron chi connectivity index (χ4n) is 2.11. The van der Waals surface area contributed by atoms with Crippen LogP contribution in [0.2, 0.25) is 0 Å². The number of hydrogen-bond acceptors (Lipinski definition) is 4. The van der Waals surface area contributed by atoms with Gasteiger partial charge in [-0.05, 0) is 37.1 Å². The molecule has 2 aromatic rings. The number of hydrogen-bond donors (Lipinski definition) is 2. The summed E-state index contributed by atoms with van der Waals surface area (Å²) in [6, 6.07) is 5.96. The zero-order valence-electron chi connectivity index (χ0n) is 11.5. The molecule has 0 aliphatic heterocycles. The molecular formula is C15H13FN2O3S. The number of nitrogens with zero attached hydrogens (tertiary/aromatic N) is 1. The van der Waals surface area contributed by atoms with E-state index in [1.807, 2.05) is 0 Å². The van der Waals surface area contributed by atoms with Gasteiger partial charge in [-0.3, -0.25) is 4.79 Å². The highest BCUT2D eigenvalue weighted by molar-refractivity contribution is 7.13. The summed E-state index contributed by atoms with van der Waals surface area (Å²) in [5.74, 6) is -1.66. The molecule has 1 saturated carbocycles. The van der Waals surface area contributed by atoms with E-state index in [1.54, 1.807) is 17.5 Å². The minimum Gasteiger partial charge on any atom is -0.480 e. The summed E-state index contributed by atoms with van der Waals surface area (Å²) in [5.41, 5.74) is 0.276. The molecule has 1 aromatic carbocycles. The average molecular weight is 320 g/mol. The Morgan fingerprint density at radius 1 is 1.32 bits per heavy atom. The third-order valence-electron chi connectivity index (χ3n) is 3.52. The Kier molecular flexibility index (Phi) is 3.66. The fourth-order valence-corrected chi connectivity index (χ4v) is 2.93. The quantitative estimate of drug-likeness (QED) is 0.885. The maximum absolute atomic E-state index is 12.9. The van der Waals surface area contributed by atoms with Gasteiger partial charge in [-0.1, -0.05) is 0 Å². The molecule has 1 fully saturated rings. The molecule has 22 heavy (non-hydrogen) atoms. The summed E-state index contributed by atoms with van der Waals surface area (Å²) in [4.78, 5) is 27.3. The molecular weight excluding hydrogens is 307 g/mol. The first-order chi connectivity index (χ1) is 10.5. The number of benzene rings is 1. The standard InChI is InChI=1S/C15H13FN2O3S/c16-10-3-1-9(2-4-10)13-17-11(8-22-13)7-12(19)18-15(5-6-15)14(20)21/h1-4,8H,5-7H2,(H,18,19)(H,20,21). The summed E-state index contributed by atoms with van der Waals surface area (Å²) in [6.45, 7) is 0. The van der Waals surface area contributed by atoms with E-state index in [0.717, 1.165) is 5.56 Å². The van der Waals surface area contributed by atoms with Crippen LogP contribution < -0.4 is 5.32 Å². The van der Waals surface area contributed by atoms with E-state index in [4.69, 9.17) is 5.11 Å². The van der Waals surface area contributed by atoms with Crippen LogP contribution in [0.15, 0.2) is 29.6 Å². The van der Waals surface area contributed by atoms with Crippen LogP contribution in [-0.2, 0) is 16.0 Å². The molecule has 0 radical (unpaired) electrons. The molecule has 5 nitrogen and oxygen atoms in total. The number of aliphatic carboxylic acids is 1. The smallest absolute Gasteiger partial charge is 0.329 e. The minimum atomic E-state index is -1.08. The molecule has 0 unspecified atom stereocenters. The molecule has 1 amide bonds. The predicted molar refractivity (Wildman–Crippen MR) is 79.0 cm³/mol. The lowest BCUT2D eigenvalue weighted by Crippen LogP contribution is -2.43. The van der Waals surface area contributed by atoms with Crippen molar-refractivity contribution in [1.82, 2.24) is 10.3 Å². The Morgan fingerprint density at radius 2 is 2.00 bits per heavy atom. The molecule has 1 aliphatic carbocycles. The number of aromatic nitrogens is 1. The second kappa shape index (κ2) is 5.49. The third kappa shape index (κ3) is 2.99. The maximum atomic E-state index is 12.9. The third-order valence-corrected chi connectivity index (χ3v) is 4.46. The van der Waals surface area contributed by atoms with Gasteiger partial charge in [0, 0.05) is 10.9 Å². The van der Waals surface area contributed by atoms with E-state index in [0.29, 0.717) is 23.5 Å². The Bertz CT molecular complexity index is 723. The highest BCUT2D eigenvalue weighted by Gasteiger charge is 2.51. The van der Waals surface area contributed by atoms with Crippen LogP contribution in [-0.4, -0.2) is 27.5 Å². The van der Waals surface area contributed by atoms with Gasteiger partial charge in [-0.2, -0.15) is 0 Å². The zero-order valence-corrected chi connectivity index (χ0v) is 12.3. The number of carbonyl (C=O) groups excluding carboxylic acids is 1. The van der Waals surface area contributed by atoms with Gasteiger partial charge in [-0.15, -0.1) is 11.3 Å². The van der Waals surface area contributed by atoms with Gasteiger partial charge in [0.05, 0.1) is 12.1 Å². The fraction of sp³-hybridized carbons (Fsp3) is 0.267. The van der Waals surface area contributed by atoms with Crippen molar-refractivity contribution in [3.63, 3.8) is 0 Å². The first-order valence-electron chi connectivity index (χ1n) is 6.73. The molecule has 1 heterocycles. The summed E-state index contributed by atoms with van der Waals surface area (Å²) in [6.07, 6.45) is 0.963. The first kappa shape index (κ1) is 14.6. The Balaban J connectivity index is 1.65. The molecule has 7 heteroatoms. The molecule has 0 spiro atoms. The van der Waals surface area contributed by atoms with Crippen molar-refractivity contribution in [2.75, 3.05) is 0 Å². The monoisotopic (exact) mass is 320 g/mol. The van der Waals surface area contributed by atoms with Crippen LogP contribution in [0, 0.1) is 5.82 Å². The van der Waals surface area contributed by atoms with E-state index in [2.05, 4.69) is 10.3 Å². The van der Waals surface area contributed by atoms with Gasteiger partial charge in [-0.25, -0.2) is 14.2 Å². The lowest BCUT2D eigenvalue weighted by atomic mass is 10.2. The molecule has 0 saturated heterocycles. The van der Waals surface area contributed by atoms with Crippen molar-refractivity contribution in [2.24, 2.45) is 0 Å². The highest BCUT2D eigenvalue weighted by Crippen LogP contribution is 2.35. The molecule has 0 bridgehead atoms. The van der Waals surface area contributed by atoms with Crippen molar-refractivity contribution in [3.8, 4) is 10.6 Å². The molecule has 2 N–H and O–H groups in total.